The molecule has 2 bridgehead atoms. The van der Waals surface area contributed by atoms with E-state index < -0.39 is 12.0 Å². The van der Waals surface area contributed by atoms with Crippen molar-refractivity contribution in [2.24, 2.45) is 16.9 Å². The van der Waals surface area contributed by atoms with Crippen LogP contribution in [-0.4, -0.2) is 36.0 Å². The Morgan fingerprint density at radius 3 is 2.66 bits per heavy atom. The number of rotatable bonds is 10. The van der Waals surface area contributed by atoms with Gasteiger partial charge < -0.3 is 15.2 Å². The largest absolute Gasteiger partial charge is 0.481 e. The van der Waals surface area contributed by atoms with Gasteiger partial charge in [-0.25, -0.2) is 14.6 Å². The first-order valence-electron chi connectivity index (χ1n) is 11.9. The number of fused-ring (bicyclic) bond motifs is 2. The Balaban J connectivity index is 1.46. The molecule has 0 spiro atoms. The number of para-hydroxylation sites is 1. The standard InChI is InChI=1S/C27H30FN3O4/c28-20-14-12-19(13-15-20)27-16-24(35-18-27)22(23(27)10-6-1-2-7-11-25(32)33)17-29-31-26(34)30-21-8-4-3-5-9-21/h1,3-6,8-9,12-15,17,22-24H,2,7,10-11,16,18H2,(H,32,33)(H2,30,31,34)/b6-1-,29-17?/t22-,23-,24-,27-/m0/s1. The lowest BCUT2D eigenvalue weighted by Crippen LogP contribution is -2.40. The van der Waals surface area contributed by atoms with Gasteiger partial charge in [0.1, 0.15) is 5.82 Å². The first kappa shape index (κ1) is 24.6. The van der Waals surface area contributed by atoms with E-state index in [1.165, 1.54) is 12.1 Å². The molecule has 184 valence electrons. The molecule has 2 aliphatic rings. The zero-order chi connectivity index (χ0) is 24.7. The van der Waals surface area contributed by atoms with Crippen molar-refractivity contribution in [1.82, 2.24) is 5.43 Å². The van der Waals surface area contributed by atoms with Gasteiger partial charge in [0.15, 0.2) is 0 Å². The molecule has 0 aromatic heterocycles. The fourth-order valence-electron chi connectivity index (χ4n) is 5.24. The van der Waals surface area contributed by atoms with Crippen molar-refractivity contribution < 1.29 is 23.8 Å². The Hall–Kier alpha value is -3.52. The van der Waals surface area contributed by atoms with E-state index in [-0.39, 0.29) is 35.6 Å². The number of amides is 2. The average Bonchev–Trinajstić information content (AvgIpc) is 3.40. The van der Waals surface area contributed by atoms with Crippen molar-refractivity contribution in [3.8, 4) is 0 Å². The highest BCUT2D eigenvalue weighted by Crippen LogP contribution is 2.56. The van der Waals surface area contributed by atoms with Crippen LogP contribution >= 0.6 is 0 Å². The van der Waals surface area contributed by atoms with Crippen molar-refractivity contribution in [3.63, 3.8) is 0 Å². The molecule has 2 aromatic rings. The second-order valence-electron chi connectivity index (χ2n) is 9.10. The zero-order valence-corrected chi connectivity index (χ0v) is 19.4. The Morgan fingerprint density at radius 2 is 1.91 bits per heavy atom. The number of urea groups is 1. The SMILES string of the molecule is O=C(O)CCC/C=C\C[C@H]1[C@H](C=NNC(=O)Nc2ccccc2)[C@@H]2C[C@@]1(c1ccc(F)cc1)CO2. The van der Waals surface area contributed by atoms with Crippen molar-refractivity contribution in [2.75, 3.05) is 11.9 Å². The van der Waals surface area contributed by atoms with Crippen molar-refractivity contribution in [1.29, 1.82) is 0 Å². The van der Waals surface area contributed by atoms with Crippen LogP contribution in [0.3, 0.4) is 0 Å². The third kappa shape index (κ3) is 5.95. The quantitative estimate of drug-likeness (QED) is 0.191. The molecule has 4 atom stereocenters. The summed E-state index contributed by atoms with van der Waals surface area (Å²) in [6, 6.07) is 15.3. The third-order valence-corrected chi connectivity index (χ3v) is 6.91. The van der Waals surface area contributed by atoms with E-state index in [1.54, 1.807) is 18.3 Å². The van der Waals surface area contributed by atoms with Crippen LogP contribution in [0.25, 0.3) is 0 Å². The highest BCUT2D eigenvalue weighted by Gasteiger charge is 2.58. The van der Waals surface area contributed by atoms with Gasteiger partial charge in [0.05, 0.1) is 12.7 Å². The number of allylic oxidation sites excluding steroid dienone is 2. The second-order valence-corrected chi connectivity index (χ2v) is 9.10. The van der Waals surface area contributed by atoms with Crippen LogP contribution in [0.4, 0.5) is 14.9 Å². The van der Waals surface area contributed by atoms with E-state index in [9.17, 15) is 14.0 Å². The van der Waals surface area contributed by atoms with Gasteiger partial charge in [-0.1, -0.05) is 42.5 Å². The number of hydrogen-bond acceptors (Lipinski definition) is 4. The molecule has 0 radical (unpaired) electrons. The molecular formula is C27H30FN3O4. The first-order chi connectivity index (χ1) is 17.0. The summed E-state index contributed by atoms with van der Waals surface area (Å²) in [5, 5.41) is 15.8. The topological polar surface area (TPSA) is 100 Å². The van der Waals surface area contributed by atoms with Gasteiger partial charge in [-0.2, -0.15) is 5.10 Å². The number of nitrogens with zero attached hydrogens (tertiary/aromatic N) is 1. The van der Waals surface area contributed by atoms with Crippen molar-refractivity contribution in [3.05, 3.63) is 78.1 Å². The summed E-state index contributed by atoms with van der Waals surface area (Å²) in [5.41, 5.74) is 3.97. The Bertz CT molecular complexity index is 1070. The minimum atomic E-state index is -0.793. The van der Waals surface area contributed by atoms with Crippen LogP contribution < -0.4 is 10.7 Å². The number of carbonyl (C=O) groups excluding carboxylic acids is 1. The summed E-state index contributed by atoms with van der Waals surface area (Å²) in [4.78, 5) is 22.9. The molecule has 8 heteroatoms. The van der Waals surface area contributed by atoms with E-state index in [1.807, 2.05) is 36.4 Å². The highest BCUT2D eigenvalue weighted by atomic mass is 19.1. The molecule has 1 aliphatic heterocycles. The normalized spacial score (nSPS) is 25.3. The van der Waals surface area contributed by atoms with Gasteiger partial charge in [0, 0.05) is 29.7 Å². The number of carboxylic acid groups (broad SMARTS) is 1. The molecule has 3 N–H and O–H groups in total. The molecular weight excluding hydrogens is 449 g/mol. The molecule has 2 aromatic carbocycles. The number of benzene rings is 2. The third-order valence-electron chi connectivity index (χ3n) is 6.91. The zero-order valence-electron chi connectivity index (χ0n) is 19.4. The van der Waals surface area contributed by atoms with E-state index >= 15 is 0 Å². The molecule has 1 saturated carbocycles. The highest BCUT2D eigenvalue weighted by molar-refractivity contribution is 5.89. The van der Waals surface area contributed by atoms with Crippen LogP contribution in [0.5, 0.6) is 0 Å². The van der Waals surface area contributed by atoms with Crippen molar-refractivity contribution >= 4 is 23.9 Å². The molecule has 2 fully saturated rings. The number of hydrazone groups is 1. The lowest BCUT2D eigenvalue weighted by Gasteiger charge is -2.37. The second kappa shape index (κ2) is 11.3. The van der Waals surface area contributed by atoms with Crippen LogP contribution in [0.15, 0.2) is 71.9 Å². The van der Waals surface area contributed by atoms with Gasteiger partial charge in [0.25, 0.3) is 0 Å². The monoisotopic (exact) mass is 479 g/mol. The Labute approximate surface area is 204 Å². The fraction of sp³-hybridized carbons (Fsp3) is 0.370. The van der Waals surface area contributed by atoms with Crippen LogP contribution in [0.1, 0.15) is 37.7 Å². The average molecular weight is 480 g/mol. The summed E-state index contributed by atoms with van der Waals surface area (Å²) >= 11 is 0. The summed E-state index contributed by atoms with van der Waals surface area (Å²) in [5.74, 6) is -0.959. The van der Waals surface area contributed by atoms with Gasteiger partial charge in [-0.05, 0) is 61.4 Å². The fourth-order valence-corrected chi connectivity index (χ4v) is 5.24. The molecule has 1 heterocycles. The summed E-state index contributed by atoms with van der Waals surface area (Å²) < 4.78 is 19.7. The molecule has 35 heavy (non-hydrogen) atoms. The van der Waals surface area contributed by atoms with Gasteiger partial charge >= 0.3 is 12.0 Å². The minimum absolute atomic E-state index is 0.0329. The number of carbonyl (C=O) groups is 2. The number of nitrogens with one attached hydrogen (secondary N) is 2. The summed E-state index contributed by atoms with van der Waals surface area (Å²) in [7, 11) is 0. The number of aliphatic carboxylic acids is 1. The number of unbranched alkanes of at least 4 members (excludes halogenated alkanes) is 1. The smallest absolute Gasteiger partial charge is 0.339 e. The lowest BCUT2D eigenvalue weighted by molar-refractivity contribution is -0.137. The lowest BCUT2D eigenvalue weighted by atomic mass is 9.69. The Morgan fingerprint density at radius 1 is 1.14 bits per heavy atom. The van der Waals surface area contributed by atoms with Crippen LogP contribution in [-0.2, 0) is 14.9 Å². The molecule has 0 unspecified atom stereocenters. The molecule has 7 nitrogen and oxygen atoms in total. The van der Waals surface area contributed by atoms with E-state index in [4.69, 9.17) is 9.84 Å². The van der Waals surface area contributed by atoms with Crippen LogP contribution in [0.2, 0.25) is 0 Å². The predicted molar refractivity (Wildman–Crippen MR) is 132 cm³/mol. The van der Waals surface area contributed by atoms with Gasteiger partial charge in [0.2, 0.25) is 0 Å². The Kier molecular flexibility index (Phi) is 7.92. The summed E-state index contributed by atoms with van der Waals surface area (Å²) in [6.45, 7) is 0.549. The van der Waals surface area contributed by atoms with E-state index in [0.717, 1.165) is 18.4 Å². The van der Waals surface area contributed by atoms with Crippen LogP contribution in [0, 0.1) is 17.7 Å². The number of halogens is 1. The molecule has 1 aliphatic carbocycles. The number of carboxylic acids is 1. The molecule has 4 rings (SSSR count). The number of hydrogen-bond donors (Lipinski definition) is 3. The maximum atomic E-state index is 13.6. The van der Waals surface area contributed by atoms with Gasteiger partial charge in [-0.3, -0.25) is 4.79 Å². The minimum Gasteiger partial charge on any atom is -0.481 e. The first-order valence-corrected chi connectivity index (χ1v) is 11.9. The maximum absolute atomic E-state index is 13.6. The molecule has 1 saturated heterocycles. The van der Waals surface area contributed by atoms with E-state index in [2.05, 4.69) is 21.9 Å². The maximum Gasteiger partial charge on any atom is 0.339 e. The molecule has 2 amide bonds. The van der Waals surface area contributed by atoms with Crippen molar-refractivity contribution in [2.45, 2.75) is 43.6 Å². The van der Waals surface area contributed by atoms with E-state index in [0.29, 0.717) is 25.1 Å². The number of ether oxygens (including phenoxy) is 1. The van der Waals surface area contributed by atoms with Gasteiger partial charge in [-0.15, -0.1) is 0 Å². The summed E-state index contributed by atoms with van der Waals surface area (Å²) in [6.07, 6.45) is 8.80. The predicted octanol–water partition coefficient (Wildman–Crippen LogP) is 5.11. The number of anilines is 1.